The quantitative estimate of drug-likeness (QED) is 0.664. The normalized spacial score (nSPS) is 23.2. The van der Waals surface area contributed by atoms with Gasteiger partial charge in [-0.15, -0.1) is 0 Å². The first kappa shape index (κ1) is 18.3. The van der Waals surface area contributed by atoms with E-state index >= 15 is 0 Å². The maximum Gasteiger partial charge on any atom is 0.273 e. The third-order valence-corrected chi connectivity index (χ3v) is 6.80. The van der Waals surface area contributed by atoms with Crippen molar-refractivity contribution in [1.82, 2.24) is 9.88 Å². The van der Waals surface area contributed by atoms with Gasteiger partial charge in [0, 0.05) is 39.9 Å². The summed E-state index contributed by atoms with van der Waals surface area (Å²) in [5.74, 6) is 1.11. The molecule has 3 aromatic rings. The average molecular weight is 410 g/mol. The van der Waals surface area contributed by atoms with Crippen LogP contribution in [-0.4, -0.2) is 56.5 Å². The summed E-state index contributed by atoms with van der Waals surface area (Å²) in [6.45, 7) is 2.74. The lowest BCUT2D eigenvalue weighted by molar-refractivity contribution is -0.538. The number of ketones is 2. The molecule has 0 radical (unpaired) electrons. The fourth-order valence-corrected chi connectivity index (χ4v) is 5.25. The number of fused-ring (bicyclic) bond motifs is 3. The second-order valence-corrected chi connectivity index (χ2v) is 8.57. The lowest BCUT2D eigenvalue weighted by Crippen LogP contribution is -2.53. The zero-order valence-electron chi connectivity index (χ0n) is 17.4. The number of carbonyl (C=O) groups excluding carboxylic acids is 2. The second-order valence-electron chi connectivity index (χ2n) is 8.57. The SMILES string of the molecule is CC[N+]1=C(/C=C/c2c[nH]c3ccccc23)N(C2CC2)C2C(=O)c3ccccc3C(=O)C21. The van der Waals surface area contributed by atoms with Gasteiger partial charge in [-0.05, 0) is 31.9 Å². The fraction of sp³-hybridized carbons (Fsp3) is 0.269. The summed E-state index contributed by atoms with van der Waals surface area (Å²) >= 11 is 0. The van der Waals surface area contributed by atoms with E-state index < -0.39 is 12.1 Å². The van der Waals surface area contributed by atoms with Crippen molar-refractivity contribution < 1.29 is 14.2 Å². The molecule has 31 heavy (non-hydrogen) atoms. The Balaban J connectivity index is 1.47. The number of likely N-dealkylation sites (N-methyl/N-ethyl adjacent to an activating group) is 1. The molecule has 1 N–H and O–H groups in total. The summed E-state index contributed by atoms with van der Waals surface area (Å²) in [7, 11) is 0. The first-order valence-corrected chi connectivity index (χ1v) is 11.0. The third-order valence-electron chi connectivity index (χ3n) is 6.80. The van der Waals surface area contributed by atoms with Crippen LogP contribution in [0.15, 0.2) is 60.8 Å². The minimum atomic E-state index is -0.449. The largest absolute Gasteiger partial charge is 0.361 e. The van der Waals surface area contributed by atoms with Crippen molar-refractivity contribution in [2.75, 3.05) is 6.54 Å². The van der Waals surface area contributed by atoms with E-state index in [1.165, 1.54) is 0 Å². The maximum absolute atomic E-state index is 13.5. The number of nitrogens with one attached hydrogen (secondary N) is 1. The number of amidine groups is 1. The van der Waals surface area contributed by atoms with Crippen LogP contribution in [0.1, 0.15) is 46.0 Å². The van der Waals surface area contributed by atoms with Gasteiger partial charge in [-0.3, -0.25) is 9.59 Å². The molecular formula is C26H24N3O2+. The number of Topliss-reactive ketones (excluding diaryl/α,β-unsaturated/α-hetero) is 2. The summed E-state index contributed by atoms with van der Waals surface area (Å²) in [6.07, 6.45) is 8.34. The Labute approximate surface area is 180 Å². The number of benzene rings is 2. The van der Waals surface area contributed by atoms with Crippen molar-refractivity contribution in [1.29, 1.82) is 0 Å². The number of aromatic amines is 1. The molecule has 2 aromatic carbocycles. The highest BCUT2D eigenvalue weighted by Gasteiger charge is 2.60. The molecule has 1 aliphatic heterocycles. The number of hydrogen-bond donors (Lipinski definition) is 1. The molecule has 0 bridgehead atoms. The average Bonchev–Trinajstić information content (AvgIpc) is 3.47. The van der Waals surface area contributed by atoms with E-state index in [2.05, 4.69) is 45.7 Å². The van der Waals surface area contributed by atoms with E-state index in [0.717, 1.165) is 35.1 Å². The molecule has 1 aromatic heterocycles. The zero-order chi connectivity index (χ0) is 21.1. The highest BCUT2D eigenvalue weighted by molar-refractivity contribution is 6.20. The lowest BCUT2D eigenvalue weighted by Gasteiger charge is -2.27. The minimum absolute atomic E-state index is 0.0585. The molecule has 0 saturated heterocycles. The maximum atomic E-state index is 13.5. The molecule has 6 rings (SSSR count). The second kappa shape index (κ2) is 6.77. The van der Waals surface area contributed by atoms with Crippen LogP contribution in [0.5, 0.6) is 0 Å². The van der Waals surface area contributed by atoms with Gasteiger partial charge in [-0.1, -0.05) is 42.5 Å². The molecule has 5 heteroatoms. The predicted octanol–water partition coefficient (Wildman–Crippen LogP) is 3.91. The first-order chi connectivity index (χ1) is 15.2. The molecule has 2 unspecified atom stereocenters. The molecule has 2 aliphatic carbocycles. The number of H-pyrrole nitrogens is 1. The molecule has 3 aliphatic rings. The van der Waals surface area contributed by atoms with Gasteiger partial charge >= 0.3 is 0 Å². The molecule has 1 fully saturated rings. The van der Waals surface area contributed by atoms with Crippen LogP contribution in [0.2, 0.25) is 0 Å². The molecule has 0 spiro atoms. The molecule has 154 valence electrons. The molecule has 2 heterocycles. The van der Waals surface area contributed by atoms with Crippen LogP contribution >= 0.6 is 0 Å². The van der Waals surface area contributed by atoms with Gasteiger partial charge in [-0.25, -0.2) is 9.48 Å². The monoisotopic (exact) mass is 410 g/mol. The number of nitrogens with zero attached hydrogens (tertiary/aromatic N) is 2. The van der Waals surface area contributed by atoms with Crippen LogP contribution in [0.25, 0.3) is 17.0 Å². The summed E-state index contributed by atoms with van der Waals surface area (Å²) in [5.41, 5.74) is 3.33. The van der Waals surface area contributed by atoms with Gasteiger partial charge in [0.2, 0.25) is 23.7 Å². The van der Waals surface area contributed by atoms with Gasteiger partial charge in [0.1, 0.15) is 0 Å². The third kappa shape index (κ3) is 2.66. The van der Waals surface area contributed by atoms with Crippen molar-refractivity contribution in [2.24, 2.45) is 0 Å². The van der Waals surface area contributed by atoms with Crippen molar-refractivity contribution in [3.05, 3.63) is 77.5 Å². The van der Waals surface area contributed by atoms with Crippen LogP contribution in [0, 0.1) is 0 Å². The van der Waals surface area contributed by atoms with E-state index in [1.807, 2.05) is 30.5 Å². The number of rotatable bonds is 4. The Morgan fingerprint density at radius 1 is 1.00 bits per heavy atom. The topological polar surface area (TPSA) is 56.2 Å². The van der Waals surface area contributed by atoms with E-state index in [1.54, 1.807) is 12.1 Å². The number of hydrogen-bond acceptors (Lipinski definition) is 3. The van der Waals surface area contributed by atoms with Crippen molar-refractivity contribution in [3.63, 3.8) is 0 Å². The predicted molar refractivity (Wildman–Crippen MR) is 121 cm³/mol. The van der Waals surface area contributed by atoms with Gasteiger partial charge in [0.05, 0.1) is 12.6 Å². The van der Waals surface area contributed by atoms with Crippen LogP contribution in [-0.2, 0) is 0 Å². The standard InChI is InChI=1S/C26H23N3O2/c1-2-28-22(14-11-16-15-27-21-10-6-5-7-18(16)21)29(17-12-13-17)24-23(28)25(30)19-8-3-4-9-20(19)26(24)31/h3-11,14-15,17,23-24H,2,12-13H2,1H3/p+1. The Hall–Kier alpha value is -3.47. The fourth-order valence-electron chi connectivity index (χ4n) is 5.25. The van der Waals surface area contributed by atoms with Gasteiger partial charge < -0.3 is 4.98 Å². The molecule has 2 atom stereocenters. The van der Waals surface area contributed by atoms with E-state index in [9.17, 15) is 9.59 Å². The Bertz CT molecular complexity index is 1290. The number of aromatic nitrogens is 1. The lowest BCUT2D eigenvalue weighted by atomic mass is 9.82. The van der Waals surface area contributed by atoms with E-state index in [0.29, 0.717) is 23.7 Å². The van der Waals surface area contributed by atoms with Crippen molar-refractivity contribution in [3.8, 4) is 0 Å². The Kier molecular flexibility index (Phi) is 4.00. The molecular weight excluding hydrogens is 386 g/mol. The Morgan fingerprint density at radius 2 is 1.71 bits per heavy atom. The van der Waals surface area contributed by atoms with Crippen molar-refractivity contribution >= 4 is 34.4 Å². The van der Waals surface area contributed by atoms with Crippen LogP contribution in [0.3, 0.4) is 0 Å². The number of carbonyl (C=O) groups is 2. The highest BCUT2D eigenvalue weighted by Crippen LogP contribution is 2.38. The van der Waals surface area contributed by atoms with Gasteiger partial charge in [-0.2, -0.15) is 0 Å². The van der Waals surface area contributed by atoms with Gasteiger partial charge in [0.25, 0.3) is 5.84 Å². The molecule has 0 amide bonds. The Morgan fingerprint density at radius 3 is 2.45 bits per heavy atom. The smallest absolute Gasteiger partial charge is 0.273 e. The van der Waals surface area contributed by atoms with Crippen molar-refractivity contribution in [2.45, 2.75) is 37.9 Å². The zero-order valence-corrected chi connectivity index (χ0v) is 17.4. The van der Waals surface area contributed by atoms with Crippen LogP contribution in [0.4, 0.5) is 0 Å². The van der Waals surface area contributed by atoms with Crippen LogP contribution < -0.4 is 0 Å². The number of para-hydroxylation sites is 1. The summed E-state index contributed by atoms with van der Waals surface area (Å²) < 4.78 is 2.13. The minimum Gasteiger partial charge on any atom is -0.361 e. The molecule has 1 saturated carbocycles. The molecule has 5 nitrogen and oxygen atoms in total. The first-order valence-electron chi connectivity index (χ1n) is 11.0. The van der Waals surface area contributed by atoms with E-state index in [4.69, 9.17) is 0 Å². The summed E-state index contributed by atoms with van der Waals surface area (Å²) in [5, 5.41) is 1.16. The van der Waals surface area contributed by atoms with E-state index in [-0.39, 0.29) is 11.6 Å². The highest BCUT2D eigenvalue weighted by atomic mass is 16.1. The van der Waals surface area contributed by atoms with Gasteiger partial charge in [0.15, 0.2) is 0 Å². The summed E-state index contributed by atoms with van der Waals surface area (Å²) in [4.78, 5) is 32.6. The summed E-state index contributed by atoms with van der Waals surface area (Å²) in [6, 6.07) is 14.9.